The molecule has 4 heteroatoms. The Morgan fingerprint density at radius 3 is 2.63 bits per heavy atom. The minimum atomic E-state index is 0.566. The molecule has 1 fully saturated rings. The van der Waals surface area contributed by atoms with Gasteiger partial charge in [-0.15, -0.1) is 0 Å². The maximum atomic E-state index is 9.12. The number of fused-ring (bicyclic) bond motifs is 2. The van der Waals surface area contributed by atoms with Crippen LogP contribution in [0.25, 0.3) is 11.0 Å². The second-order valence-electron chi connectivity index (χ2n) is 9.30. The third kappa shape index (κ3) is 3.63. The lowest BCUT2D eigenvalue weighted by Crippen LogP contribution is -2.37. The zero-order valence-corrected chi connectivity index (χ0v) is 18.0. The summed E-state index contributed by atoms with van der Waals surface area (Å²) in [5, 5.41) is 13.0. The molecule has 1 N–H and O–H groups in total. The molecule has 4 nitrogen and oxygen atoms in total. The van der Waals surface area contributed by atoms with Gasteiger partial charge < -0.3 is 9.88 Å². The molecule has 154 valence electrons. The molecule has 30 heavy (non-hydrogen) atoms. The Labute approximate surface area is 178 Å². The molecule has 0 aliphatic heterocycles. The van der Waals surface area contributed by atoms with Crippen LogP contribution in [0.15, 0.2) is 36.4 Å². The third-order valence-corrected chi connectivity index (χ3v) is 7.13. The lowest BCUT2D eigenvalue weighted by atomic mass is 9.90. The highest BCUT2D eigenvalue weighted by atomic mass is 15.1. The Kier molecular flexibility index (Phi) is 5.08. The lowest BCUT2D eigenvalue weighted by molar-refractivity contribution is 0.283. The number of imidazole rings is 1. The molecule has 2 aliphatic rings. The first-order valence-corrected chi connectivity index (χ1v) is 11.3. The maximum Gasteiger partial charge on any atom is 0.106 e. The number of hydrogen-bond donors (Lipinski definition) is 1. The summed E-state index contributed by atoms with van der Waals surface area (Å²) in [6, 6.07) is 16.3. The van der Waals surface area contributed by atoms with Crippen LogP contribution in [0.1, 0.15) is 59.8 Å². The van der Waals surface area contributed by atoms with Crippen molar-refractivity contribution < 1.29 is 0 Å². The van der Waals surface area contributed by atoms with E-state index in [2.05, 4.69) is 60.1 Å². The zero-order valence-electron chi connectivity index (χ0n) is 18.0. The fraction of sp³-hybridized carbons (Fsp3) is 0.462. The minimum absolute atomic E-state index is 0.566. The van der Waals surface area contributed by atoms with E-state index < -0.39 is 0 Å². The highest BCUT2D eigenvalue weighted by Crippen LogP contribution is 2.33. The fourth-order valence-corrected chi connectivity index (χ4v) is 5.58. The van der Waals surface area contributed by atoms with Crippen molar-refractivity contribution in [2.45, 2.75) is 64.5 Å². The average molecular weight is 399 g/mol. The van der Waals surface area contributed by atoms with E-state index in [-0.39, 0.29) is 0 Å². The predicted octanol–water partition coefficient (Wildman–Crippen LogP) is 5.01. The molecule has 5 rings (SSSR count). The van der Waals surface area contributed by atoms with Gasteiger partial charge in [-0.25, -0.2) is 4.98 Å². The van der Waals surface area contributed by atoms with Crippen molar-refractivity contribution in [3.63, 3.8) is 0 Å². The third-order valence-electron chi connectivity index (χ3n) is 7.13. The first-order chi connectivity index (χ1) is 14.6. The van der Waals surface area contributed by atoms with E-state index in [1.165, 1.54) is 47.9 Å². The number of nitrogens with zero attached hydrogens (tertiary/aromatic N) is 3. The number of nitrogens with one attached hydrogen (secondary N) is 1. The van der Waals surface area contributed by atoms with Crippen LogP contribution in [0.5, 0.6) is 0 Å². The maximum absolute atomic E-state index is 9.12. The van der Waals surface area contributed by atoms with Crippen LogP contribution < -0.4 is 5.32 Å². The topological polar surface area (TPSA) is 53.6 Å². The highest BCUT2D eigenvalue weighted by molar-refractivity contribution is 5.77. The van der Waals surface area contributed by atoms with E-state index >= 15 is 0 Å². The number of benzene rings is 2. The van der Waals surface area contributed by atoms with Gasteiger partial charge in [-0.05, 0) is 106 Å². The van der Waals surface area contributed by atoms with Crippen molar-refractivity contribution in [3.05, 3.63) is 64.5 Å². The van der Waals surface area contributed by atoms with Gasteiger partial charge in [0.2, 0.25) is 0 Å². The number of hydrogen-bond acceptors (Lipinski definition) is 3. The van der Waals surface area contributed by atoms with Crippen LogP contribution in [0.4, 0.5) is 0 Å². The van der Waals surface area contributed by atoms with Crippen LogP contribution in [0.2, 0.25) is 0 Å². The molecule has 0 bridgehead atoms. The van der Waals surface area contributed by atoms with Crippen LogP contribution in [-0.2, 0) is 12.8 Å². The van der Waals surface area contributed by atoms with Gasteiger partial charge >= 0.3 is 0 Å². The smallest absolute Gasteiger partial charge is 0.106 e. The Morgan fingerprint density at radius 1 is 1.03 bits per heavy atom. The molecule has 0 radical (unpaired) electrons. The van der Waals surface area contributed by atoms with Crippen LogP contribution in [-0.4, -0.2) is 22.1 Å². The summed E-state index contributed by atoms with van der Waals surface area (Å²) in [6.07, 6.45) is 7.14. The van der Waals surface area contributed by atoms with Gasteiger partial charge in [-0.3, -0.25) is 0 Å². The quantitative estimate of drug-likeness (QED) is 0.672. The first-order valence-electron chi connectivity index (χ1n) is 11.3. The van der Waals surface area contributed by atoms with E-state index in [4.69, 9.17) is 10.2 Å². The predicted molar refractivity (Wildman–Crippen MR) is 121 cm³/mol. The Hall–Kier alpha value is -2.64. The summed E-state index contributed by atoms with van der Waals surface area (Å²) in [7, 11) is 0. The minimum Gasteiger partial charge on any atom is -0.325 e. The van der Waals surface area contributed by atoms with Gasteiger partial charge in [0.25, 0.3) is 0 Å². The fourth-order valence-electron chi connectivity index (χ4n) is 5.58. The molecule has 2 aliphatic carbocycles. The second kappa shape index (κ2) is 7.89. The normalized spacial score (nSPS) is 23.4. The summed E-state index contributed by atoms with van der Waals surface area (Å²) >= 11 is 0. The number of rotatable bonds is 4. The molecule has 1 aromatic heterocycles. The molecule has 0 amide bonds. The molecule has 1 atom stereocenters. The van der Waals surface area contributed by atoms with Gasteiger partial charge in [-0.1, -0.05) is 12.1 Å². The molecule has 1 saturated carbocycles. The van der Waals surface area contributed by atoms with E-state index in [1.54, 1.807) is 0 Å². The Balaban J connectivity index is 1.17. The molecule has 1 heterocycles. The van der Waals surface area contributed by atoms with E-state index in [1.807, 2.05) is 6.07 Å². The molecular weight excluding hydrogens is 368 g/mol. The summed E-state index contributed by atoms with van der Waals surface area (Å²) < 4.78 is 2.48. The molecule has 0 spiro atoms. The molecule has 0 saturated heterocycles. The van der Waals surface area contributed by atoms with Gasteiger partial charge in [0.05, 0.1) is 22.7 Å². The highest BCUT2D eigenvalue weighted by Gasteiger charge is 2.27. The van der Waals surface area contributed by atoms with Gasteiger partial charge in [-0.2, -0.15) is 5.26 Å². The van der Waals surface area contributed by atoms with Crippen LogP contribution >= 0.6 is 0 Å². The molecule has 2 aromatic carbocycles. The standard InChI is InChI=1S/C26H30N4/c1-17-3-10-26-25(11-17)29-18(2)30(26)24-8-6-23(7-9-24)28-16-20-13-21-5-4-19(15-27)12-22(21)14-20/h3-5,10-12,20,23-24,28H,6-9,13-14,16H2,1-2H3/t20-,23-,24+/m0/s1. The van der Waals surface area contributed by atoms with Crippen molar-refractivity contribution in [2.75, 3.05) is 6.54 Å². The second-order valence-corrected chi connectivity index (χ2v) is 9.30. The van der Waals surface area contributed by atoms with E-state index in [9.17, 15) is 0 Å². The SMILES string of the molecule is Cc1ccc2c(c1)nc(C)n2[C@H]1CC[C@@H](NC[C@H]2Cc3ccc(C#N)cc3C2)CC1. The molecule has 3 aromatic rings. The zero-order chi connectivity index (χ0) is 20.7. The van der Waals surface area contributed by atoms with Gasteiger partial charge in [0.1, 0.15) is 5.82 Å². The van der Waals surface area contributed by atoms with Crippen molar-refractivity contribution >= 4 is 11.0 Å². The van der Waals surface area contributed by atoms with Crippen molar-refractivity contribution in [2.24, 2.45) is 5.92 Å². The van der Waals surface area contributed by atoms with Crippen molar-refractivity contribution in [1.82, 2.24) is 14.9 Å². The van der Waals surface area contributed by atoms with Gasteiger partial charge in [0.15, 0.2) is 0 Å². The largest absolute Gasteiger partial charge is 0.325 e. The van der Waals surface area contributed by atoms with Crippen molar-refractivity contribution in [1.29, 1.82) is 5.26 Å². The molecular formula is C26H30N4. The van der Waals surface area contributed by atoms with E-state index in [0.29, 0.717) is 18.0 Å². The Bertz CT molecular complexity index is 1110. The average Bonchev–Trinajstić information content (AvgIpc) is 3.31. The summed E-state index contributed by atoms with van der Waals surface area (Å²) in [4.78, 5) is 4.82. The number of nitriles is 1. The summed E-state index contributed by atoms with van der Waals surface area (Å²) in [5.41, 5.74) is 7.30. The summed E-state index contributed by atoms with van der Waals surface area (Å²) in [5.74, 6) is 1.81. The van der Waals surface area contributed by atoms with Crippen LogP contribution in [0.3, 0.4) is 0 Å². The molecule has 0 unspecified atom stereocenters. The monoisotopic (exact) mass is 398 g/mol. The Morgan fingerprint density at radius 2 is 1.83 bits per heavy atom. The number of aryl methyl sites for hydroxylation is 2. The number of aromatic nitrogens is 2. The first kappa shape index (κ1) is 19.3. The van der Waals surface area contributed by atoms with Gasteiger partial charge in [0, 0.05) is 12.1 Å². The summed E-state index contributed by atoms with van der Waals surface area (Å²) in [6.45, 7) is 5.36. The van der Waals surface area contributed by atoms with Crippen LogP contribution in [0, 0.1) is 31.1 Å². The van der Waals surface area contributed by atoms with Crippen molar-refractivity contribution in [3.8, 4) is 6.07 Å². The lowest BCUT2D eigenvalue weighted by Gasteiger charge is -2.31. The van der Waals surface area contributed by atoms with E-state index in [0.717, 1.165) is 36.3 Å².